The second-order valence-corrected chi connectivity index (χ2v) is 8.45. The highest BCUT2D eigenvalue weighted by molar-refractivity contribution is 5.93. The lowest BCUT2D eigenvalue weighted by Gasteiger charge is -2.30. The Balaban J connectivity index is 1.94. The number of hydrogen-bond acceptors (Lipinski definition) is 6. The number of esters is 1. The molecular formula is C20H25FN4O3. The number of ether oxygens (including phenoxy) is 1. The Bertz CT molecular complexity index is 1010. The average molecular weight is 388 g/mol. The van der Waals surface area contributed by atoms with Crippen LogP contribution in [0.15, 0.2) is 17.1 Å². The van der Waals surface area contributed by atoms with Gasteiger partial charge in [0.1, 0.15) is 11.2 Å². The molecule has 2 aromatic rings. The van der Waals surface area contributed by atoms with E-state index in [9.17, 15) is 14.0 Å². The van der Waals surface area contributed by atoms with Crippen LogP contribution >= 0.6 is 0 Å². The third-order valence-electron chi connectivity index (χ3n) is 5.46. The van der Waals surface area contributed by atoms with Gasteiger partial charge in [0.15, 0.2) is 11.6 Å². The summed E-state index contributed by atoms with van der Waals surface area (Å²) >= 11 is 0. The zero-order chi connectivity index (χ0) is 20.2. The van der Waals surface area contributed by atoms with Crippen molar-refractivity contribution in [2.45, 2.75) is 51.7 Å². The first kappa shape index (κ1) is 18.9. The minimum absolute atomic E-state index is 0.0872. The number of nitrogens with zero attached hydrogens (tertiary/aromatic N) is 3. The van der Waals surface area contributed by atoms with Gasteiger partial charge in [-0.25, -0.2) is 14.2 Å². The lowest BCUT2D eigenvalue weighted by atomic mass is 10.1. The lowest BCUT2D eigenvalue weighted by molar-refractivity contribution is 0.0524. The molecule has 2 aliphatic rings. The minimum atomic E-state index is -0.709. The van der Waals surface area contributed by atoms with Crippen LogP contribution in [0.5, 0.6) is 0 Å². The summed E-state index contributed by atoms with van der Waals surface area (Å²) in [6, 6.07) is 1.76. The molecule has 2 atom stereocenters. The standard InChI is InChI=1S/C20H25FN4O3/c1-5-28-19(27)14-10-25(20(2,3)4)17-13(16(14)26)7-15(21)18(23-17)24-9-11-6-12(24)8-22-11/h7,10-12,22H,5-6,8-9H2,1-4H3. The number of piperazine rings is 1. The molecule has 7 nitrogen and oxygen atoms in total. The normalized spacial score (nSPS) is 21.5. The average Bonchev–Trinajstić information content (AvgIpc) is 3.24. The molecule has 4 rings (SSSR count). The molecule has 2 aliphatic heterocycles. The van der Waals surface area contributed by atoms with E-state index in [2.05, 4.69) is 10.3 Å². The summed E-state index contributed by atoms with van der Waals surface area (Å²) < 4.78 is 21.8. The van der Waals surface area contributed by atoms with Crippen molar-refractivity contribution in [2.75, 3.05) is 24.6 Å². The summed E-state index contributed by atoms with van der Waals surface area (Å²) in [6.45, 7) is 9.16. The largest absolute Gasteiger partial charge is 0.462 e. The fourth-order valence-electron chi connectivity index (χ4n) is 4.10. The van der Waals surface area contributed by atoms with Crippen LogP contribution in [0.2, 0.25) is 0 Å². The van der Waals surface area contributed by atoms with Crippen LogP contribution in [0.25, 0.3) is 11.0 Å². The van der Waals surface area contributed by atoms with E-state index in [0.29, 0.717) is 18.2 Å². The zero-order valence-corrected chi connectivity index (χ0v) is 16.6. The van der Waals surface area contributed by atoms with Crippen molar-refractivity contribution < 1.29 is 13.9 Å². The number of fused-ring (bicyclic) bond motifs is 3. The van der Waals surface area contributed by atoms with Gasteiger partial charge in [-0.15, -0.1) is 0 Å². The molecule has 0 radical (unpaired) electrons. The van der Waals surface area contributed by atoms with Crippen molar-refractivity contribution in [1.82, 2.24) is 14.9 Å². The van der Waals surface area contributed by atoms with Crippen molar-refractivity contribution in [3.63, 3.8) is 0 Å². The summed E-state index contributed by atoms with van der Waals surface area (Å²) in [5.41, 5.74) is -0.766. The second-order valence-electron chi connectivity index (χ2n) is 8.45. The quantitative estimate of drug-likeness (QED) is 0.811. The van der Waals surface area contributed by atoms with Crippen LogP contribution < -0.4 is 15.6 Å². The predicted octanol–water partition coefficient (Wildman–Crippen LogP) is 2.02. The Labute approximate surface area is 162 Å². The summed E-state index contributed by atoms with van der Waals surface area (Å²) in [7, 11) is 0. The van der Waals surface area contributed by atoms with Crippen LogP contribution in [0.4, 0.5) is 10.2 Å². The third kappa shape index (κ3) is 2.96. The molecule has 4 heterocycles. The highest BCUT2D eigenvalue weighted by Gasteiger charge is 2.39. The Hall–Kier alpha value is -2.48. The van der Waals surface area contributed by atoms with E-state index in [1.807, 2.05) is 25.7 Å². The first-order chi connectivity index (χ1) is 13.2. The van der Waals surface area contributed by atoms with E-state index < -0.39 is 22.8 Å². The first-order valence-corrected chi connectivity index (χ1v) is 9.64. The molecule has 2 fully saturated rings. The number of carbonyl (C=O) groups is 1. The van der Waals surface area contributed by atoms with E-state index in [4.69, 9.17) is 4.74 Å². The highest BCUT2D eigenvalue weighted by atomic mass is 19.1. The molecule has 2 unspecified atom stereocenters. The summed E-state index contributed by atoms with van der Waals surface area (Å²) in [5, 5.41) is 3.48. The Morgan fingerprint density at radius 3 is 2.75 bits per heavy atom. The van der Waals surface area contributed by atoms with Gasteiger partial charge in [0.2, 0.25) is 5.43 Å². The molecule has 2 bridgehead atoms. The molecule has 0 aliphatic carbocycles. The SMILES string of the molecule is CCOC(=O)c1cn(C(C)(C)C)c2nc(N3CC4CC3CN4)c(F)cc2c1=O. The van der Waals surface area contributed by atoms with Crippen molar-refractivity contribution in [3.05, 3.63) is 33.9 Å². The van der Waals surface area contributed by atoms with Gasteiger partial charge in [0.05, 0.1) is 12.0 Å². The number of pyridine rings is 2. The van der Waals surface area contributed by atoms with Crippen molar-refractivity contribution in [1.29, 1.82) is 0 Å². The van der Waals surface area contributed by atoms with E-state index >= 15 is 0 Å². The molecule has 2 saturated heterocycles. The van der Waals surface area contributed by atoms with Crippen LogP contribution in [-0.2, 0) is 10.3 Å². The third-order valence-corrected chi connectivity index (χ3v) is 5.46. The van der Waals surface area contributed by atoms with Gasteiger partial charge in [-0.05, 0) is 40.2 Å². The van der Waals surface area contributed by atoms with E-state index in [-0.39, 0.29) is 29.4 Å². The molecule has 0 aromatic carbocycles. The topological polar surface area (TPSA) is 76.5 Å². The number of nitrogens with one attached hydrogen (secondary N) is 1. The number of anilines is 1. The first-order valence-electron chi connectivity index (χ1n) is 9.64. The fourth-order valence-corrected chi connectivity index (χ4v) is 4.10. The van der Waals surface area contributed by atoms with Gasteiger partial charge in [0, 0.05) is 36.9 Å². The molecule has 2 aromatic heterocycles. The molecule has 0 spiro atoms. The Kier molecular flexibility index (Phi) is 4.41. The van der Waals surface area contributed by atoms with Crippen LogP contribution in [0.3, 0.4) is 0 Å². The van der Waals surface area contributed by atoms with E-state index in [1.54, 1.807) is 11.5 Å². The number of hydrogen-bond donors (Lipinski definition) is 1. The maximum Gasteiger partial charge on any atom is 0.343 e. The lowest BCUT2D eigenvalue weighted by Crippen LogP contribution is -2.44. The van der Waals surface area contributed by atoms with Crippen molar-refractivity contribution in [3.8, 4) is 0 Å². The summed E-state index contributed by atoms with van der Waals surface area (Å²) in [4.78, 5) is 31.7. The number of carbonyl (C=O) groups excluding carboxylic acids is 1. The predicted molar refractivity (Wildman–Crippen MR) is 104 cm³/mol. The fraction of sp³-hybridized carbons (Fsp3) is 0.550. The van der Waals surface area contributed by atoms with Gasteiger partial charge < -0.3 is 19.5 Å². The van der Waals surface area contributed by atoms with Crippen LogP contribution in [-0.4, -0.2) is 47.3 Å². The second kappa shape index (κ2) is 6.55. The van der Waals surface area contributed by atoms with Crippen molar-refractivity contribution >= 4 is 22.8 Å². The molecule has 0 amide bonds. The van der Waals surface area contributed by atoms with Crippen LogP contribution in [0.1, 0.15) is 44.5 Å². The smallest absolute Gasteiger partial charge is 0.343 e. The van der Waals surface area contributed by atoms with Crippen molar-refractivity contribution in [2.24, 2.45) is 0 Å². The molecule has 28 heavy (non-hydrogen) atoms. The maximum atomic E-state index is 15.0. The Morgan fingerprint density at radius 2 is 2.18 bits per heavy atom. The zero-order valence-electron chi connectivity index (χ0n) is 16.6. The van der Waals surface area contributed by atoms with Gasteiger partial charge >= 0.3 is 5.97 Å². The molecular weight excluding hydrogens is 363 g/mol. The number of halogens is 1. The molecule has 1 N–H and O–H groups in total. The number of rotatable bonds is 3. The van der Waals surface area contributed by atoms with Crippen LogP contribution in [0, 0.1) is 5.82 Å². The minimum Gasteiger partial charge on any atom is -0.462 e. The molecule has 150 valence electrons. The maximum absolute atomic E-state index is 15.0. The Morgan fingerprint density at radius 1 is 1.43 bits per heavy atom. The summed E-state index contributed by atoms with van der Waals surface area (Å²) in [6.07, 6.45) is 2.45. The van der Waals surface area contributed by atoms with Gasteiger partial charge in [0.25, 0.3) is 0 Å². The van der Waals surface area contributed by atoms with E-state index in [0.717, 1.165) is 13.0 Å². The molecule has 8 heteroatoms. The van der Waals surface area contributed by atoms with Gasteiger partial charge in [-0.2, -0.15) is 0 Å². The van der Waals surface area contributed by atoms with E-state index in [1.165, 1.54) is 12.3 Å². The van der Waals surface area contributed by atoms with Gasteiger partial charge in [-0.3, -0.25) is 4.79 Å². The highest BCUT2D eigenvalue weighted by Crippen LogP contribution is 2.32. The number of aromatic nitrogens is 2. The monoisotopic (exact) mass is 388 g/mol. The van der Waals surface area contributed by atoms with Gasteiger partial charge in [-0.1, -0.05) is 0 Å². The molecule has 0 saturated carbocycles. The summed E-state index contributed by atoms with van der Waals surface area (Å²) in [5.74, 6) is -0.985.